The summed E-state index contributed by atoms with van der Waals surface area (Å²) < 4.78 is 0. The number of nitrogens with zero attached hydrogens (tertiary/aromatic N) is 1. The van der Waals surface area contributed by atoms with E-state index in [1.165, 1.54) is 0 Å². The molecule has 6 heteroatoms. The third-order valence-electron chi connectivity index (χ3n) is 3.30. The minimum Gasteiger partial charge on any atom is -0.388 e. The van der Waals surface area contributed by atoms with Gasteiger partial charge in [0.2, 0.25) is 0 Å². The van der Waals surface area contributed by atoms with Gasteiger partial charge in [0.15, 0.2) is 0 Å². The highest BCUT2D eigenvalue weighted by atomic mass is 35.5. The van der Waals surface area contributed by atoms with Crippen LogP contribution in [0, 0.1) is 0 Å². The molecule has 120 valence electrons. The van der Waals surface area contributed by atoms with Crippen LogP contribution in [0.25, 0.3) is 0 Å². The minimum absolute atomic E-state index is 0.291. The molecule has 0 spiro atoms. The van der Waals surface area contributed by atoms with Gasteiger partial charge >= 0.3 is 0 Å². The van der Waals surface area contributed by atoms with Gasteiger partial charge in [-0.2, -0.15) is 5.10 Å². The predicted octanol–water partition coefficient (Wildman–Crippen LogP) is 4.58. The number of hydrazone groups is 1. The van der Waals surface area contributed by atoms with Crippen LogP contribution in [-0.4, -0.2) is 18.7 Å². The highest BCUT2D eigenvalue weighted by Gasteiger charge is 2.10. The maximum Gasteiger partial charge on any atom is 0.271 e. The van der Waals surface area contributed by atoms with Crippen molar-refractivity contribution in [3.8, 4) is 0 Å². The van der Waals surface area contributed by atoms with Crippen molar-refractivity contribution in [1.82, 2.24) is 5.43 Å². The number of rotatable bonds is 5. The Bertz CT molecular complexity index is 727. The quantitative estimate of drug-likeness (QED) is 0.613. The summed E-state index contributed by atoms with van der Waals surface area (Å²) >= 11 is 11.9. The van der Waals surface area contributed by atoms with E-state index >= 15 is 0 Å². The van der Waals surface area contributed by atoms with Crippen LogP contribution in [0.15, 0.2) is 47.6 Å². The zero-order valence-electron chi connectivity index (χ0n) is 12.9. The van der Waals surface area contributed by atoms with Crippen LogP contribution in [0.1, 0.15) is 29.3 Å². The van der Waals surface area contributed by atoms with Crippen LogP contribution >= 0.6 is 23.2 Å². The molecule has 0 bridgehead atoms. The molecule has 0 unspecified atom stereocenters. The standard InChI is InChI=1S/C17H17Cl2N3O/c1-3-15(14-10-13(19)8-9-16(14)20-2)21-22-17(23)11-4-6-12(18)7-5-11/h4-10,20H,3H2,1-2H3,(H,22,23)/b21-15-. The van der Waals surface area contributed by atoms with Crippen LogP contribution in [-0.2, 0) is 0 Å². The van der Waals surface area contributed by atoms with Gasteiger partial charge in [-0.15, -0.1) is 0 Å². The van der Waals surface area contributed by atoms with Crippen molar-refractivity contribution in [2.75, 3.05) is 12.4 Å². The Labute approximate surface area is 145 Å². The fourth-order valence-corrected chi connectivity index (χ4v) is 2.39. The third kappa shape index (κ3) is 4.47. The summed E-state index contributed by atoms with van der Waals surface area (Å²) in [5.74, 6) is -0.291. The van der Waals surface area contributed by atoms with E-state index in [0.29, 0.717) is 22.0 Å². The van der Waals surface area contributed by atoms with E-state index in [-0.39, 0.29) is 5.91 Å². The SMILES string of the molecule is CC/C(=N/NC(=O)c1ccc(Cl)cc1)c1cc(Cl)ccc1NC. The topological polar surface area (TPSA) is 53.5 Å². The van der Waals surface area contributed by atoms with Gasteiger partial charge in [0.1, 0.15) is 0 Å². The number of halogens is 2. The Morgan fingerprint density at radius 2 is 1.74 bits per heavy atom. The predicted molar refractivity (Wildman–Crippen MR) is 96.7 cm³/mol. The molecule has 2 rings (SSSR count). The van der Waals surface area contributed by atoms with Gasteiger partial charge in [-0.05, 0) is 48.9 Å². The van der Waals surface area contributed by atoms with E-state index in [1.54, 1.807) is 30.3 Å². The summed E-state index contributed by atoms with van der Waals surface area (Å²) in [6, 6.07) is 12.1. The summed E-state index contributed by atoms with van der Waals surface area (Å²) in [6.45, 7) is 1.97. The molecule has 2 aromatic carbocycles. The Balaban J connectivity index is 2.24. The Hall–Kier alpha value is -2.04. The molecule has 0 aliphatic heterocycles. The lowest BCUT2D eigenvalue weighted by atomic mass is 10.1. The van der Waals surface area contributed by atoms with E-state index < -0.39 is 0 Å². The molecule has 2 N–H and O–H groups in total. The maximum absolute atomic E-state index is 12.1. The van der Waals surface area contributed by atoms with Gasteiger partial charge < -0.3 is 5.32 Å². The average Bonchev–Trinajstić information content (AvgIpc) is 2.56. The Morgan fingerprint density at radius 1 is 1.09 bits per heavy atom. The van der Waals surface area contributed by atoms with Crippen molar-refractivity contribution in [2.45, 2.75) is 13.3 Å². The van der Waals surface area contributed by atoms with Gasteiger partial charge in [-0.25, -0.2) is 5.43 Å². The zero-order valence-corrected chi connectivity index (χ0v) is 14.4. The summed E-state index contributed by atoms with van der Waals surface area (Å²) in [6.07, 6.45) is 0.649. The molecule has 0 fully saturated rings. The highest BCUT2D eigenvalue weighted by Crippen LogP contribution is 2.22. The monoisotopic (exact) mass is 349 g/mol. The van der Waals surface area contributed by atoms with Crippen LogP contribution in [0.2, 0.25) is 10.0 Å². The molecular formula is C17H17Cl2N3O. The fourth-order valence-electron chi connectivity index (χ4n) is 2.09. The molecule has 0 aliphatic rings. The lowest BCUT2D eigenvalue weighted by molar-refractivity contribution is 0.0955. The number of nitrogens with one attached hydrogen (secondary N) is 2. The van der Waals surface area contributed by atoms with Crippen LogP contribution in [0.5, 0.6) is 0 Å². The van der Waals surface area contributed by atoms with Crippen molar-refractivity contribution in [3.05, 3.63) is 63.6 Å². The first-order valence-corrected chi connectivity index (χ1v) is 7.91. The molecule has 2 aromatic rings. The number of benzene rings is 2. The third-order valence-corrected chi connectivity index (χ3v) is 3.78. The van der Waals surface area contributed by atoms with Gasteiger partial charge in [0.05, 0.1) is 5.71 Å². The molecule has 23 heavy (non-hydrogen) atoms. The minimum atomic E-state index is -0.291. The molecule has 4 nitrogen and oxygen atoms in total. The van der Waals surface area contributed by atoms with Crippen molar-refractivity contribution >= 4 is 40.5 Å². The van der Waals surface area contributed by atoms with Crippen molar-refractivity contribution < 1.29 is 4.79 Å². The van der Waals surface area contributed by atoms with Crippen molar-refractivity contribution in [1.29, 1.82) is 0 Å². The molecule has 0 saturated carbocycles. The molecule has 0 aromatic heterocycles. The maximum atomic E-state index is 12.1. The smallest absolute Gasteiger partial charge is 0.271 e. The van der Waals surface area contributed by atoms with Gasteiger partial charge in [-0.1, -0.05) is 30.1 Å². The fraction of sp³-hybridized carbons (Fsp3) is 0.176. The second kappa shape index (κ2) is 7.99. The van der Waals surface area contributed by atoms with Crippen LogP contribution < -0.4 is 10.7 Å². The van der Waals surface area contributed by atoms with Crippen molar-refractivity contribution in [3.63, 3.8) is 0 Å². The summed E-state index contributed by atoms with van der Waals surface area (Å²) in [4.78, 5) is 12.1. The van der Waals surface area contributed by atoms with Crippen molar-refractivity contribution in [2.24, 2.45) is 5.10 Å². The van der Waals surface area contributed by atoms with E-state index in [2.05, 4.69) is 15.8 Å². The number of hydrogen-bond acceptors (Lipinski definition) is 3. The first kappa shape index (κ1) is 17.3. The van der Waals surface area contributed by atoms with E-state index in [1.807, 2.05) is 26.1 Å². The Kier molecular flexibility index (Phi) is 6.02. The van der Waals surface area contributed by atoms with Crippen LogP contribution in [0.3, 0.4) is 0 Å². The zero-order chi connectivity index (χ0) is 16.8. The second-order valence-corrected chi connectivity index (χ2v) is 5.67. The lowest BCUT2D eigenvalue weighted by Crippen LogP contribution is -2.20. The highest BCUT2D eigenvalue weighted by molar-refractivity contribution is 6.31. The molecule has 0 atom stereocenters. The molecule has 1 amide bonds. The summed E-state index contributed by atoms with van der Waals surface area (Å²) in [5, 5.41) is 8.54. The first-order valence-electron chi connectivity index (χ1n) is 7.15. The molecule has 0 radical (unpaired) electrons. The second-order valence-electron chi connectivity index (χ2n) is 4.80. The Morgan fingerprint density at radius 3 is 2.35 bits per heavy atom. The number of hydrogen-bond donors (Lipinski definition) is 2. The van der Waals surface area contributed by atoms with Gasteiger partial charge in [-0.3, -0.25) is 4.79 Å². The summed E-state index contributed by atoms with van der Waals surface area (Å²) in [7, 11) is 1.83. The molecule has 0 heterocycles. The molecule has 0 saturated heterocycles. The van der Waals surface area contributed by atoms with E-state index in [9.17, 15) is 4.79 Å². The average molecular weight is 350 g/mol. The van der Waals surface area contributed by atoms with Gasteiger partial charge in [0.25, 0.3) is 5.91 Å². The number of amides is 1. The first-order chi connectivity index (χ1) is 11.0. The van der Waals surface area contributed by atoms with Gasteiger partial charge in [0, 0.05) is 33.9 Å². The number of carbonyl (C=O) groups excluding carboxylic acids is 1. The number of carbonyl (C=O) groups is 1. The molecular weight excluding hydrogens is 333 g/mol. The molecule has 0 aliphatic carbocycles. The van der Waals surface area contributed by atoms with E-state index in [0.717, 1.165) is 17.0 Å². The summed E-state index contributed by atoms with van der Waals surface area (Å²) in [5.41, 5.74) is 5.56. The van der Waals surface area contributed by atoms with E-state index in [4.69, 9.17) is 23.2 Å². The largest absolute Gasteiger partial charge is 0.388 e. The van der Waals surface area contributed by atoms with Crippen LogP contribution in [0.4, 0.5) is 5.69 Å². The lowest BCUT2D eigenvalue weighted by Gasteiger charge is -2.11. The number of anilines is 1. The normalized spacial score (nSPS) is 11.2.